The molecule has 4 rings (SSSR count). The molecule has 0 bridgehead atoms. The van der Waals surface area contributed by atoms with Crippen LogP contribution < -0.4 is 4.72 Å². The predicted molar refractivity (Wildman–Crippen MR) is 120 cm³/mol. The summed E-state index contributed by atoms with van der Waals surface area (Å²) in [6, 6.07) is 0. The fraction of sp³-hybridized carbons (Fsp3) is 0.700. The number of ether oxygens (including phenoxy) is 3. The van der Waals surface area contributed by atoms with Crippen LogP contribution in [-0.2, 0) is 29.8 Å². The summed E-state index contributed by atoms with van der Waals surface area (Å²) in [7, 11) is -0.934. The van der Waals surface area contributed by atoms with E-state index >= 15 is 0 Å². The standard InChI is InChI=1S/C20H29ClN6O5S/c1-12-5-6-15(32-12)18-24-25-19(27(18)20(7-8-20)11-30-3)26-33(28,29)13(2)16(31-4)17-22-9-14(21)10-23-17/h9-10,12-13,15-16H,5-8,11H2,1-4H3,(H,25,26)/t12-,13?,15-,16?/m1/s1. The van der Waals surface area contributed by atoms with Gasteiger partial charge in [-0.15, -0.1) is 10.2 Å². The van der Waals surface area contributed by atoms with Crippen molar-refractivity contribution >= 4 is 27.6 Å². The zero-order valence-electron chi connectivity index (χ0n) is 19.1. The molecule has 2 unspecified atom stereocenters. The molecule has 182 valence electrons. The molecular formula is C20H29ClN6O5S. The number of nitrogens with zero attached hydrogens (tertiary/aromatic N) is 5. The Morgan fingerprint density at radius 1 is 1.27 bits per heavy atom. The largest absolute Gasteiger partial charge is 0.382 e. The van der Waals surface area contributed by atoms with Gasteiger partial charge in [0.25, 0.3) is 0 Å². The fourth-order valence-electron chi connectivity index (χ4n) is 4.24. The molecule has 1 aliphatic heterocycles. The average molecular weight is 501 g/mol. The Labute approximate surface area is 198 Å². The maximum atomic E-state index is 13.4. The second-order valence-corrected chi connectivity index (χ2v) is 11.1. The Bertz CT molecular complexity index is 1080. The summed E-state index contributed by atoms with van der Waals surface area (Å²) < 4.78 is 48.1. The molecule has 33 heavy (non-hydrogen) atoms. The highest BCUT2D eigenvalue weighted by Crippen LogP contribution is 2.48. The minimum absolute atomic E-state index is 0.111. The van der Waals surface area contributed by atoms with Gasteiger partial charge in [0, 0.05) is 26.6 Å². The Balaban J connectivity index is 1.65. The van der Waals surface area contributed by atoms with Crippen LogP contribution >= 0.6 is 11.6 Å². The number of aromatic nitrogens is 5. The molecule has 13 heteroatoms. The molecule has 2 fully saturated rings. The van der Waals surface area contributed by atoms with Gasteiger partial charge >= 0.3 is 0 Å². The Hall–Kier alpha value is -1.86. The van der Waals surface area contributed by atoms with Gasteiger partial charge in [-0.1, -0.05) is 11.6 Å². The van der Waals surface area contributed by atoms with Crippen LogP contribution in [0.2, 0.25) is 5.02 Å². The monoisotopic (exact) mass is 500 g/mol. The van der Waals surface area contributed by atoms with Crippen molar-refractivity contribution in [1.29, 1.82) is 0 Å². The number of methoxy groups -OCH3 is 2. The normalized spacial score (nSPS) is 23.9. The van der Waals surface area contributed by atoms with Gasteiger partial charge in [0.15, 0.2) is 11.6 Å². The molecule has 2 aromatic heterocycles. The maximum Gasteiger partial charge on any atom is 0.240 e. The van der Waals surface area contributed by atoms with E-state index in [4.69, 9.17) is 25.8 Å². The first-order chi connectivity index (χ1) is 15.7. The van der Waals surface area contributed by atoms with Crippen LogP contribution in [0.5, 0.6) is 0 Å². The van der Waals surface area contributed by atoms with Crippen molar-refractivity contribution < 1.29 is 22.6 Å². The second-order valence-electron chi connectivity index (χ2n) is 8.66. The van der Waals surface area contributed by atoms with Crippen LogP contribution in [-0.4, -0.2) is 65.3 Å². The summed E-state index contributed by atoms with van der Waals surface area (Å²) in [6.45, 7) is 3.96. The van der Waals surface area contributed by atoms with Gasteiger partial charge in [-0.25, -0.2) is 18.4 Å². The number of halogens is 1. The summed E-state index contributed by atoms with van der Waals surface area (Å²) in [5, 5.41) is 7.86. The molecule has 1 aliphatic carbocycles. The predicted octanol–water partition coefficient (Wildman–Crippen LogP) is 2.61. The average Bonchev–Trinajstić information content (AvgIpc) is 3.21. The molecule has 0 amide bonds. The molecule has 0 aromatic carbocycles. The summed E-state index contributed by atoms with van der Waals surface area (Å²) in [4.78, 5) is 8.24. The lowest BCUT2D eigenvalue weighted by Crippen LogP contribution is -2.35. The lowest BCUT2D eigenvalue weighted by Gasteiger charge is -2.25. The van der Waals surface area contributed by atoms with Crippen LogP contribution in [0.4, 0.5) is 5.95 Å². The number of hydrogen-bond acceptors (Lipinski definition) is 9. The van der Waals surface area contributed by atoms with E-state index in [-0.39, 0.29) is 24.0 Å². The van der Waals surface area contributed by atoms with Crippen LogP contribution in [0.3, 0.4) is 0 Å². The molecule has 0 radical (unpaired) electrons. The summed E-state index contributed by atoms with van der Waals surface area (Å²) in [6.07, 6.45) is 5.12. The van der Waals surface area contributed by atoms with E-state index in [1.54, 1.807) is 7.11 Å². The van der Waals surface area contributed by atoms with Crippen molar-refractivity contribution in [2.45, 2.75) is 68.6 Å². The third-order valence-electron chi connectivity index (χ3n) is 6.22. The molecule has 1 saturated heterocycles. The number of anilines is 1. The first-order valence-electron chi connectivity index (χ1n) is 10.8. The quantitative estimate of drug-likeness (QED) is 0.522. The third-order valence-corrected chi connectivity index (χ3v) is 8.11. The van der Waals surface area contributed by atoms with E-state index in [0.29, 0.717) is 17.5 Å². The number of nitrogens with one attached hydrogen (secondary N) is 1. The third kappa shape index (κ3) is 4.85. The van der Waals surface area contributed by atoms with Gasteiger partial charge in [-0.05, 0) is 39.5 Å². The number of rotatable bonds is 10. The summed E-state index contributed by atoms with van der Waals surface area (Å²) >= 11 is 5.86. The van der Waals surface area contributed by atoms with E-state index < -0.39 is 26.9 Å². The van der Waals surface area contributed by atoms with Gasteiger partial charge in [-0.3, -0.25) is 9.29 Å². The molecule has 2 aliphatic rings. The van der Waals surface area contributed by atoms with E-state index in [1.165, 1.54) is 26.4 Å². The highest BCUT2D eigenvalue weighted by molar-refractivity contribution is 7.93. The lowest BCUT2D eigenvalue weighted by molar-refractivity contribution is 0.0443. The summed E-state index contributed by atoms with van der Waals surface area (Å²) in [5.74, 6) is 0.971. The molecule has 11 nitrogen and oxygen atoms in total. The molecule has 2 aromatic rings. The van der Waals surface area contributed by atoms with E-state index in [9.17, 15) is 8.42 Å². The van der Waals surface area contributed by atoms with Gasteiger partial charge in [0.05, 0.1) is 23.3 Å². The van der Waals surface area contributed by atoms with Crippen LogP contribution in [0.1, 0.15) is 63.4 Å². The van der Waals surface area contributed by atoms with E-state index in [0.717, 1.165) is 25.7 Å². The highest BCUT2D eigenvalue weighted by Gasteiger charge is 2.50. The van der Waals surface area contributed by atoms with Gasteiger partial charge in [0.2, 0.25) is 16.0 Å². The van der Waals surface area contributed by atoms with Crippen molar-refractivity contribution in [1.82, 2.24) is 24.7 Å². The molecular weight excluding hydrogens is 472 g/mol. The van der Waals surface area contributed by atoms with E-state index in [2.05, 4.69) is 24.9 Å². The number of hydrogen-bond donors (Lipinski definition) is 1. The molecule has 4 atom stereocenters. The zero-order valence-corrected chi connectivity index (χ0v) is 20.6. The second kappa shape index (κ2) is 9.41. The van der Waals surface area contributed by atoms with Crippen LogP contribution in [0, 0.1) is 0 Å². The molecule has 1 N–H and O–H groups in total. The first kappa shape index (κ1) is 24.3. The number of sulfonamides is 1. The van der Waals surface area contributed by atoms with Crippen molar-refractivity contribution in [2.24, 2.45) is 0 Å². The van der Waals surface area contributed by atoms with Crippen molar-refractivity contribution in [3.8, 4) is 0 Å². The van der Waals surface area contributed by atoms with Crippen LogP contribution in [0.25, 0.3) is 0 Å². The van der Waals surface area contributed by atoms with E-state index in [1.807, 2.05) is 11.5 Å². The molecule has 1 saturated carbocycles. The van der Waals surface area contributed by atoms with Crippen molar-refractivity contribution in [3.05, 3.63) is 29.1 Å². The minimum Gasteiger partial charge on any atom is -0.382 e. The Morgan fingerprint density at radius 3 is 2.52 bits per heavy atom. The van der Waals surface area contributed by atoms with Gasteiger partial charge in [0.1, 0.15) is 17.5 Å². The van der Waals surface area contributed by atoms with Crippen molar-refractivity contribution in [3.63, 3.8) is 0 Å². The zero-order chi connectivity index (χ0) is 23.8. The topological polar surface area (TPSA) is 130 Å². The maximum absolute atomic E-state index is 13.4. The molecule has 3 heterocycles. The first-order valence-corrected chi connectivity index (χ1v) is 12.8. The molecule has 0 spiro atoms. The highest BCUT2D eigenvalue weighted by atomic mass is 35.5. The van der Waals surface area contributed by atoms with Gasteiger partial charge in [-0.2, -0.15) is 0 Å². The SMILES string of the molecule is COCC1(n2c(NS(=O)(=O)C(C)C(OC)c3ncc(Cl)cn3)nnc2[C@H]2CC[C@@H](C)O2)CC1. The minimum atomic E-state index is -3.97. The van der Waals surface area contributed by atoms with Crippen molar-refractivity contribution in [2.75, 3.05) is 25.5 Å². The fourth-order valence-corrected chi connectivity index (χ4v) is 5.46. The Kier molecular flexibility index (Phi) is 6.92. The lowest BCUT2D eigenvalue weighted by atomic mass is 10.2. The van der Waals surface area contributed by atoms with Gasteiger partial charge < -0.3 is 14.2 Å². The summed E-state index contributed by atoms with van der Waals surface area (Å²) in [5.41, 5.74) is -0.399. The van der Waals surface area contributed by atoms with Crippen LogP contribution in [0.15, 0.2) is 12.4 Å². The Morgan fingerprint density at radius 2 is 1.97 bits per heavy atom. The smallest absolute Gasteiger partial charge is 0.240 e.